The Kier molecular flexibility index (Phi) is 2.83. The number of carbonyl (C=O) groups is 1. The molecule has 0 amide bonds. The molecule has 0 fully saturated rings. The molecule has 1 aromatic heterocycles. The van der Waals surface area contributed by atoms with E-state index >= 15 is 0 Å². The maximum absolute atomic E-state index is 10.2. The Labute approximate surface area is 75.9 Å². The molecule has 2 N–H and O–H groups in total. The molecule has 0 aliphatic rings. The second kappa shape index (κ2) is 3.49. The van der Waals surface area contributed by atoms with Gasteiger partial charge in [0.25, 0.3) is 0 Å². The zero-order valence-corrected chi connectivity index (χ0v) is 7.72. The highest BCUT2D eigenvalue weighted by atomic mass is 79.9. The Morgan fingerprint density at radius 3 is 2.55 bits per heavy atom. The Hall–Kier alpha value is -0.165. The molecule has 0 unspecified atom stereocenters. The fourth-order valence-corrected chi connectivity index (χ4v) is 2.22. The summed E-state index contributed by atoms with van der Waals surface area (Å²) in [6, 6.07) is 1.55. The van der Waals surface area contributed by atoms with Gasteiger partial charge in [-0.15, -0.1) is 11.3 Å². The lowest BCUT2D eigenvalue weighted by molar-refractivity contribution is 0.112. The third-order valence-electron chi connectivity index (χ3n) is 1.08. The number of hydrogen-bond acceptors (Lipinski definition) is 4. The van der Waals surface area contributed by atoms with Crippen LogP contribution < -0.4 is 4.78 Å². The molecule has 3 nitrogen and oxygen atoms in total. The quantitative estimate of drug-likeness (QED) is 0.560. The maximum atomic E-state index is 10.2. The minimum absolute atomic E-state index is 0.354. The minimum Gasteiger partial charge on any atom is -0.423 e. The Bertz CT molecular complexity index is 273. The number of hydrogen-bond donors (Lipinski definition) is 2. The third kappa shape index (κ3) is 1.90. The van der Waals surface area contributed by atoms with Crippen molar-refractivity contribution in [1.82, 2.24) is 0 Å². The van der Waals surface area contributed by atoms with Crippen LogP contribution >= 0.6 is 27.3 Å². The van der Waals surface area contributed by atoms with Gasteiger partial charge in [-0.1, -0.05) is 15.9 Å². The number of halogens is 1. The molecule has 0 aliphatic heterocycles. The van der Waals surface area contributed by atoms with E-state index in [1.807, 2.05) is 0 Å². The summed E-state index contributed by atoms with van der Waals surface area (Å²) in [6.45, 7) is 0. The Morgan fingerprint density at radius 1 is 1.64 bits per heavy atom. The van der Waals surface area contributed by atoms with Gasteiger partial charge in [0.1, 0.15) is 0 Å². The van der Waals surface area contributed by atoms with Crippen molar-refractivity contribution in [3.8, 4) is 0 Å². The van der Waals surface area contributed by atoms with Crippen LogP contribution in [-0.2, 0) is 0 Å². The van der Waals surface area contributed by atoms with Gasteiger partial charge >= 0.3 is 7.12 Å². The molecule has 1 heterocycles. The summed E-state index contributed by atoms with van der Waals surface area (Å²) in [5.74, 6) is 0. The average Bonchev–Trinajstić information content (AvgIpc) is 2.30. The number of aldehydes is 1. The van der Waals surface area contributed by atoms with E-state index in [0.29, 0.717) is 20.4 Å². The fourth-order valence-electron chi connectivity index (χ4n) is 0.635. The van der Waals surface area contributed by atoms with Crippen LogP contribution in [0.3, 0.4) is 0 Å². The van der Waals surface area contributed by atoms with E-state index in [-0.39, 0.29) is 0 Å². The van der Waals surface area contributed by atoms with Gasteiger partial charge in [-0.3, -0.25) is 4.79 Å². The second-order valence-corrected chi connectivity index (χ2v) is 3.82. The van der Waals surface area contributed by atoms with E-state index in [2.05, 4.69) is 15.9 Å². The third-order valence-corrected chi connectivity index (χ3v) is 3.10. The molecule has 0 radical (unpaired) electrons. The van der Waals surface area contributed by atoms with Crippen LogP contribution in [0.2, 0.25) is 0 Å². The summed E-state index contributed by atoms with van der Waals surface area (Å²) in [7, 11) is -1.51. The zero-order chi connectivity index (χ0) is 8.43. The maximum Gasteiger partial charge on any atom is 0.500 e. The van der Waals surface area contributed by atoms with E-state index in [1.54, 1.807) is 6.07 Å². The fraction of sp³-hybridized carbons (Fsp3) is 0. The van der Waals surface area contributed by atoms with Gasteiger partial charge in [0, 0.05) is 9.25 Å². The van der Waals surface area contributed by atoms with E-state index in [4.69, 9.17) is 10.0 Å². The predicted molar refractivity (Wildman–Crippen MR) is 47.2 cm³/mol. The molecule has 0 atom stereocenters. The zero-order valence-electron chi connectivity index (χ0n) is 5.32. The smallest absolute Gasteiger partial charge is 0.423 e. The minimum atomic E-state index is -1.51. The second-order valence-electron chi connectivity index (χ2n) is 1.85. The topological polar surface area (TPSA) is 57.5 Å². The molecular weight excluding hydrogens is 231 g/mol. The van der Waals surface area contributed by atoms with Crippen LogP contribution in [-0.4, -0.2) is 23.5 Å². The monoisotopic (exact) mass is 234 g/mol. The summed E-state index contributed by atoms with van der Waals surface area (Å²) < 4.78 is 0.909. The molecule has 0 saturated carbocycles. The SMILES string of the molecule is O=Cc1cc(Br)c(B(O)O)s1. The van der Waals surface area contributed by atoms with E-state index < -0.39 is 7.12 Å². The van der Waals surface area contributed by atoms with Gasteiger partial charge in [-0.25, -0.2) is 0 Å². The van der Waals surface area contributed by atoms with E-state index in [9.17, 15) is 4.79 Å². The van der Waals surface area contributed by atoms with Crippen molar-refractivity contribution in [2.75, 3.05) is 0 Å². The molecule has 58 valence electrons. The van der Waals surface area contributed by atoms with Crippen molar-refractivity contribution in [1.29, 1.82) is 0 Å². The number of carbonyl (C=O) groups excluding carboxylic acids is 1. The molecule has 0 aliphatic carbocycles. The van der Waals surface area contributed by atoms with E-state index in [0.717, 1.165) is 11.3 Å². The normalized spacial score (nSPS) is 9.73. The Morgan fingerprint density at radius 2 is 2.27 bits per heavy atom. The van der Waals surface area contributed by atoms with E-state index in [1.165, 1.54) is 0 Å². The molecule has 1 aromatic rings. The van der Waals surface area contributed by atoms with Crippen LogP contribution in [0.1, 0.15) is 9.67 Å². The summed E-state index contributed by atoms with van der Waals surface area (Å²) in [4.78, 5) is 10.7. The summed E-state index contributed by atoms with van der Waals surface area (Å²) in [5.41, 5.74) is 0. The lowest BCUT2D eigenvalue weighted by Crippen LogP contribution is -2.27. The van der Waals surface area contributed by atoms with Crippen LogP contribution in [0.15, 0.2) is 10.5 Å². The van der Waals surface area contributed by atoms with Gasteiger partial charge < -0.3 is 10.0 Å². The first-order valence-corrected chi connectivity index (χ1v) is 4.36. The molecule has 0 spiro atoms. The van der Waals surface area contributed by atoms with Crippen molar-refractivity contribution in [3.05, 3.63) is 15.4 Å². The lowest BCUT2D eigenvalue weighted by Gasteiger charge is -1.91. The Balaban J connectivity index is 3.06. The van der Waals surface area contributed by atoms with Gasteiger partial charge in [0.05, 0.1) is 4.88 Å². The van der Waals surface area contributed by atoms with Crippen LogP contribution in [0.25, 0.3) is 0 Å². The molecule has 11 heavy (non-hydrogen) atoms. The van der Waals surface area contributed by atoms with Gasteiger partial charge in [0.15, 0.2) is 6.29 Å². The first-order valence-electron chi connectivity index (χ1n) is 2.75. The molecule has 0 bridgehead atoms. The first-order chi connectivity index (χ1) is 5.15. The van der Waals surface area contributed by atoms with Crippen LogP contribution in [0, 0.1) is 0 Å². The largest absolute Gasteiger partial charge is 0.500 e. The number of rotatable bonds is 2. The predicted octanol–water partition coefficient (Wildman–Crippen LogP) is 0.00290. The van der Waals surface area contributed by atoms with Crippen LogP contribution in [0.4, 0.5) is 0 Å². The highest BCUT2D eigenvalue weighted by Crippen LogP contribution is 2.15. The summed E-state index contributed by atoms with van der Waals surface area (Å²) >= 11 is 4.14. The first kappa shape index (κ1) is 8.93. The van der Waals surface area contributed by atoms with Crippen molar-refractivity contribution in [3.63, 3.8) is 0 Å². The van der Waals surface area contributed by atoms with Crippen molar-refractivity contribution in [2.24, 2.45) is 0 Å². The van der Waals surface area contributed by atoms with Gasteiger partial charge in [-0.2, -0.15) is 0 Å². The lowest BCUT2D eigenvalue weighted by atomic mass is 9.90. The standard InChI is InChI=1S/C5H4BBrO3S/c7-4-1-3(2-8)11-5(4)6(9)10/h1-2,9-10H. The van der Waals surface area contributed by atoms with Crippen molar-refractivity contribution in [2.45, 2.75) is 0 Å². The van der Waals surface area contributed by atoms with Gasteiger partial charge in [0.2, 0.25) is 0 Å². The van der Waals surface area contributed by atoms with Crippen LogP contribution in [0.5, 0.6) is 0 Å². The van der Waals surface area contributed by atoms with Crippen molar-refractivity contribution >= 4 is 45.4 Å². The summed E-state index contributed by atoms with van der Waals surface area (Å²) in [5, 5.41) is 17.5. The summed E-state index contributed by atoms with van der Waals surface area (Å²) in [6.07, 6.45) is 0.668. The van der Waals surface area contributed by atoms with Gasteiger partial charge in [-0.05, 0) is 6.07 Å². The van der Waals surface area contributed by atoms with Crippen molar-refractivity contribution < 1.29 is 14.8 Å². The average molecular weight is 235 g/mol. The highest BCUT2D eigenvalue weighted by molar-refractivity contribution is 9.10. The molecular formula is C5H4BBrO3S. The molecule has 0 aromatic carbocycles. The molecule has 0 saturated heterocycles. The molecule has 1 rings (SSSR count). The molecule has 6 heteroatoms. The highest BCUT2D eigenvalue weighted by Gasteiger charge is 2.18. The number of thiophene rings is 1.